The number of benzene rings is 10. The predicted octanol–water partition coefficient (Wildman–Crippen LogP) is 15.7. The molecule has 0 atom stereocenters. The molecule has 0 radical (unpaired) electrons. The first-order chi connectivity index (χ1) is 29.8. The standard InChI is InChI=1S/C58H38N2/c1-3-19-47(20-4-1)59-53-27-9-7-23-51(53)57-49(25-13-29-55(57)59)45-17-11-15-39(37-45)41-31-33-44-36-42(32-34-43(44)35-41)40-16-12-18-46(38-40)50-26-14-30-56-58(50)52-24-8-10-28-54(52)60(56)48-21-5-2-6-22-48/h1-38H. The third-order valence-electron chi connectivity index (χ3n) is 12.3. The summed E-state index contributed by atoms with van der Waals surface area (Å²) in [6, 6.07) is 84.1. The molecule has 0 aliphatic rings. The second-order valence-electron chi connectivity index (χ2n) is 15.7. The molecule has 12 aromatic rings. The Morgan fingerprint density at radius 2 is 0.600 bits per heavy atom. The van der Waals surface area contributed by atoms with Gasteiger partial charge >= 0.3 is 0 Å². The molecule has 10 aromatic carbocycles. The quantitative estimate of drug-likeness (QED) is 0.160. The topological polar surface area (TPSA) is 9.86 Å². The van der Waals surface area contributed by atoms with Gasteiger partial charge in [0.15, 0.2) is 0 Å². The second-order valence-corrected chi connectivity index (χ2v) is 15.7. The summed E-state index contributed by atoms with van der Waals surface area (Å²) in [4.78, 5) is 0. The van der Waals surface area contributed by atoms with Crippen LogP contribution in [0.4, 0.5) is 0 Å². The van der Waals surface area contributed by atoms with Gasteiger partial charge in [-0.05, 0) is 128 Å². The monoisotopic (exact) mass is 762 g/mol. The van der Waals surface area contributed by atoms with E-state index in [4.69, 9.17) is 0 Å². The minimum atomic E-state index is 1.17. The molecule has 12 rings (SSSR count). The number of hydrogen-bond donors (Lipinski definition) is 0. The third kappa shape index (κ3) is 5.50. The van der Waals surface area contributed by atoms with Gasteiger partial charge in [-0.15, -0.1) is 0 Å². The molecule has 0 fully saturated rings. The van der Waals surface area contributed by atoms with Crippen LogP contribution in [0.1, 0.15) is 0 Å². The van der Waals surface area contributed by atoms with Crippen LogP contribution in [0.5, 0.6) is 0 Å². The van der Waals surface area contributed by atoms with Crippen LogP contribution in [-0.4, -0.2) is 9.13 Å². The number of para-hydroxylation sites is 4. The molecule has 0 aliphatic heterocycles. The van der Waals surface area contributed by atoms with Gasteiger partial charge in [0.1, 0.15) is 0 Å². The smallest absolute Gasteiger partial charge is 0.0547 e. The Kier molecular flexibility index (Phi) is 7.89. The summed E-state index contributed by atoms with van der Waals surface area (Å²) in [7, 11) is 0. The molecule has 0 aliphatic carbocycles. The largest absolute Gasteiger partial charge is 0.309 e. The first-order valence-electron chi connectivity index (χ1n) is 20.7. The molecule has 0 unspecified atom stereocenters. The van der Waals surface area contributed by atoms with Crippen molar-refractivity contribution in [3.63, 3.8) is 0 Å². The summed E-state index contributed by atoms with van der Waals surface area (Å²) in [5, 5.41) is 7.53. The van der Waals surface area contributed by atoms with E-state index in [1.807, 2.05) is 0 Å². The summed E-state index contributed by atoms with van der Waals surface area (Å²) in [6.07, 6.45) is 0. The first kappa shape index (κ1) is 34.1. The average molecular weight is 763 g/mol. The van der Waals surface area contributed by atoms with Crippen molar-refractivity contribution in [2.24, 2.45) is 0 Å². The van der Waals surface area contributed by atoms with Crippen LogP contribution in [-0.2, 0) is 0 Å². The fourth-order valence-electron chi connectivity index (χ4n) is 9.57. The van der Waals surface area contributed by atoms with Crippen LogP contribution in [0.2, 0.25) is 0 Å². The highest BCUT2D eigenvalue weighted by molar-refractivity contribution is 6.17. The summed E-state index contributed by atoms with van der Waals surface area (Å²) in [6.45, 7) is 0. The lowest BCUT2D eigenvalue weighted by Gasteiger charge is -2.11. The molecule has 2 heteroatoms. The third-order valence-corrected chi connectivity index (χ3v) is 12.3. The minimum absolute atomic E-state index is 1.17. The predicted molar refractivity (Wildman–Crippen MR) is 254 cm³/mol. The van der Waals surface area contributed by atoms with Crippen LogP contribution in [0.3, 0.4) is 0 Å². The van der Waals surface area contributed by atoms with Gasteiger partial charge in [-0.25, -0.2) is 0 Å². The summed E-state index contributed by atoms with van der Waals surface area (Å²) in [5.74, 6) is 0. The Hall–Kier alpha value is -7.94. The molecule has 0 spiro atoms. The maximum absolute atomic E-state index is 2.39. The fraction of sp³-hybridized carbons (Fsp3) is 0. The van der Waals surface area contributed by atoms with Crippen molar-refractivity contribution in [2.75, 3.05) is 0 Å². The van der Waals surface area contributed by atoms with Crippen LogP contribution < -0.4 is 0 Å². The zero-order valence-corrected chi connectivity index (χ0v) is 32.8. The van der Waals surface area contributed by atoms with Gasteiger partial charge in [-0.3, -0.25) is 0 Å². The molecule has 60 heavy (non-hydrogen) atoms. The highest BCUT2D eigenvalue weighted by atomic mass is 15.0. The van der Waals surface area contributed by atoms with E-state index in [2.05, 4.69) is 240 Å². The Balaban J connectivity index is 0.905. The summed E-state index contributed by atoms with van der Waals surface area (Å²) in [5.41, 5.74) is 16.9. The van der Waals surface area contributed by atoms with Crippen LogP contribution in [0, 0.1) is 0 Å². The highest BCUT2D eigenvalue weighted by Crippen LogP contribution is 2.41. The van der Waals surface area contributed by atoms with Crippen molar-refractivity contribution >= 4 is 54.4 Å². The van der Waals surface area contributed by atoms with Gasteiger partial charge < -0.3 is 9.13 Å². The van der Waals surface area contributed by atoms with Crippen molar-refractivity contribution < 1.29 is 0 Å². The summed E-state index contributed by atoms with van der Waals surface area (Å²) < 4.78 is 4.77. The lowest BCUT2D eigenvalue weighted by atomic mass is 9.93. The summed E-state index contributed by atoms with van der Waals surface area (Å²) >= 11 is 0. The van der Waals surface area contributed by atoms with Gasteiger partial charge in [0, 0.05) is 32.9 Å². The van der Waals surface area contributed by atoms with Gasteiger partial charge in [0.25, 0.3) is 0 Å². The number of rotatable bonds is 6. The van der Waals surface area contributed by atoms with Gasteiger partial charge in [-0.2, -0.15) is 0 Å². The Bertz CT molecular complexity index is 3350. The van der Waals surface area contributed by atoms with Crippen LogP contribution in [0.25, 0.3) is 110 Å². The maximum Gasteiger partial charge on any atom is 0.0547 e. The molecule has 0 bridgehead atoms. The fourth-order valence-corrected chi connectivity index (χ4v) is 9.57. The Labute approximate surface area is 348 Å². The van der Waals surface area contributed by atoms with Crippen LogP contribution >= 0.6 is 0 Å². The van der Waals surface area contributed by atoms with Crippen molar-refractivity contribution in [1.29, 1.82) is 0 Å². The lowest BCUT2D eigenvalue weighted by Crippen LogP contribution is -1.92. The number of hydrogen-bond acceptors (Lipinski definition) is 0. The van der Waals surface area contributed by atoms with E-state index in [1.54, 1.807) is 0 Å². The van der Waals surface area contributed by atoms with Crippen molar-refractivity contribution in [2.45, 2.75) is 0 Å². The van der Waals surface area contributed by atoms with E-state index in [-0.39, 0.29) is 0 Å². The first-order valence-corrected chi connectivity index (χ1v) is 20.7. The molecule has 0 saturated carbocycles. The van der Waals surface area contributed by atoms with E-state index in [0.717, 1.165) is 0 Å². The average Bonchev–Trinajstić information content (AvgIpc) is 3.85. The molecular formula is C58H38N2. The molecule has 0 N–H and O–H groups in total. The number of nitrogens with zero attached hydrogens (tertiary/aromatic N) is 2. The van der Waals surface area contributed by atoms with E-state index in [1.165, 1.54) is 110 Å². The number of fused-ring (bicyclic) bond motifs is 7. The second kappa shape index (κ2) is 13.9. The van der Waals surface area contributed by atoms with Gasteiger partial charge in [0.2, 0.25) is 0 Å². The molecule has 280 valence electrons. The van der Waals surface area contributed by atoms with E-state index in [0.29, 0.717) is 0 Å². The van der Waals surface area contributed by atoms with E-state index < -0.39 is 0 Å². The van der Waals surface area contributed by atoms with Gasteiger partial charge in [-0.1, -0.05) is 158 Å². The molecule has 0 saturated heterocycles. The molecular weight excluding hydrogens is 725 g/mol. The van der Waals surface area contributed by atoms with Gasteiger partial charge in [0.05, 0.1) is 22.1 Å². The maximum atomic E-state index is 2.39. The van der Waals surface area contributed by atoms with Crippen molar-refractivity contribution in [1.82, 2.24) is 9.13 Å². The van der Waals surface area contributed by atoms with E-state index in [9.17, 15) is 0 Å². The van der Waals surface area contributed by atoms with Crippen molar-refractivity contribution in [3.05, 3.63) is 231 Å². The highest BCUT2D eigenvalue weighted by Gasteiger charge is 2.18. The molecule has 2 aromatic heterocycles. The van der Waals surface area contributed by atoms with Crippen molar-refractivity contribution in [3.8, 4) is 55.9 Å². The zero-order chi connectivity index (χ0) is 39.6. The molecule has 0 amide bonds. The normalized spacial score (nSPS) is 11.7. The number of aromatic nitrogens is 2. The Morgan fingerprint density at radius 1 is 0.233 bits per heavy atom. The van der Waals surface area contributed by atoms with Crippen LogP contribution in [0.15, 0.2) is 231 Å². The molecule has 2 heterocycles. The SMILES string of the molecule is c1ccc(-n2c3ccccc3c3c(-c4cccc(-c5ccc6cc(-c7cccc(-c8cccc9c8c8ccccc8n9-c8ccccc8)c7)ccc6c5)c4)cccc32)cc1. The lowest BCUT2D eigenvalue weighted by molar-refractivity contribution is 1.18. The zero-order valence-electron chi connectivity index (χ0n) is 32.8. The Morgan fingerprint density at radius 3 is 1.07 bits per heavy atom. The molecule has 2 nitrogen and oxygen atoms in total. The minimum Gasteiger partial charge on any atom is -0.309 e. The van der Waals surface area contributed by atoms with E-state index >= 15 is 0 Å².